The zero-order valence-corrected chi connectivity index (χ0v) is 14.7. The fourth-order valence-corrected chi connectivity index (χ4v) is 2.99. The van der Waals surface area contributed by atoms with Crippen LogP contribution >= 0.6 is 0 Å². The number of rotatable bonds is 4. The lowest BCUT2D eigenvalue weighted by Crippen LogP contribution is -2.49. The lowest BCUT2D eigenvalue weighted by atomic mass is 10.2. The van der Waals surface area contributed by atoms with Crippen LogP contribution in [0.3, 0.4) is 0 Å². The first-order valence-corrected chi connectivity index (χ1v) is 8.64. The van der Waals surface area contributed by atoms with E-state index in [4.69, 9.17) is 5.26 Å². The van der Waals surface area contributed by atoms with E-state index in [9.17, 15) is 14.0 Å². The molecule has 0 aromatic heterocycles. The molecule has 2 aromatic carbocycles. The fourth-order valence-electron chi connectivity index (χ4n) is 2.99. The third-order valence-corrected chi connectivity index (χ3v) is 4.44. The topological polar surface area (TPSA) is 76.4 Å². The van der Waals surface area contributed by atoms with Crippen molar-refractivity contribution in [1.29, 1.82) is 5.26 Å². The number of carbonyl (C=O) groups is 2. The number of benzene rings is 2. The van der Waals surface area contributed by atoms with Crippen molar-refractivity contribution >= 4 is 23.2 Å². The largest absolute Gasteiger partial charge is 0.366 e. The number of para-hydroxylation sites is 1. The van der Waals surface area contributed by atoms with Crippen molar-refractivity contribution in [2.24, 2.45) is 0 Å². The van der Waals surface area contributed by atoms with Gasteiger partial charge >= 0.3 is 0 Å². The van der Waals surface area contributed by atoms with E-state index in [1.165, 1.54) is 6.07 Å². The highest BCUT2D eigenvalue weighted by Gasteiger charge is 2.24. The number of amides is 2. The molecule has 1 heterocycles. The number of nitriles is 1. The van der Waals surface area contributed by atoms with E-state index < -0.39 is 5.91 Å². The Morgan fingerprint density at radius 2 is 1.70 bits per heavy atom. The molecule has 0 radical (unpaired) electrons. The van der Waals surface area contributed by atoms with Gasteiger partial charge in [-0.1, -0.05) is 12.1 Å². The summed E-state index contributed by atoms with van der Waals surface area (Å²) in [6.07, 6.45) is -0.250. The third-order valence-electron chi connectivity index (χ3n) is 4.44. The lowest BCUT2D eigenvalue weighted by Gasteiger charge is -2.36. The minimum Gasteiger partial charge on any atom is -0.366 e. The van der Waals surface area contributed by atoms with Gasteiger partial charge in [-0.25, -0.2) is 4.39 Å². The molecule has 0 saturated carbocycles. The Morgan fingerprint density at radius 1 is 1.04 bits per heavy atom. The van der Waals surface area contributed by atoms with Crippen LogP contribution in [0.15, 0.2) is 48.5 Å². The number of carbonyl (C=O) groups excluding carboxylic acids is 2. The molecule has 27 heavy (non-hydrogen) atoms. The molecule has 0 atom stereocenters. The van der Waals surface area contributed by atoms with Gasteiger partial charge in [-0.3, -0.25) is 9.59 Å². The fraction of sp³-hybridized carbons (Fsp3) is 0.250. The highest BCUT2D eigenvalue weighted by Crippen LogP contribution is 2.20. The number of nitrogens with zero attached hydrogens (tertiary/aromatic N) is 3. The number of piperazine rings is 1. The quantitative estimate of drug-likeness (QED) is 0.843. The van der Waals surface area contributed by atoms with Crippen molar-refractivity contribution in [2.75, 3.05) is 36.4 Å². The van der Waals surface area contributed by atoms with Gasteiger partial charge in [0, 0.05) is 31.9 Å². The summed E-state index contributed by atoms with van der Waals surface area (Å²) in [4.78, 5) is 27.9. The van der Waals surface area contributed by atoms with Crippen molar-refractivity contribution in [3.05, 3.63) is 59.9 Å². The second-order valence-corrected chi connectivity index (χ2v) is 6.23. The average Bonchev–Trinajstić information content (AvgIpc) is 2.69. The highest BCUT2D eigenvalue weighted by molar-refractivity contribution is 6.03. The summed E-state index contributed by atoms with van der Waals surface area (Å²) in [5.74, 6) is -0.936. The van der Waals surface area contributed by atoms with E-state index in [0.29, 0.717) is 43.1 Å². The molecular formula is C20H19FN4O2. The van der Waals surface area contributed by atoms with Crippen molar-refractivity contribution < 1.29 is 14.0 Å². The SMILES string of the molecule is N#Cc1ccc(NC(=O)CC(=O)N2CCN(c3ccccc3F)CC2)cc1. The van der Waals surface area contributed by atoms with Gasteiger partial charge in [0.25, 0.3) is 0 Å². The average molecular weight is 366 g/mol. The Morgan fingerprint density at radius 3 is 2.33 bits per heavy atom. The monoisotopic (exact) mass is 366 g/mol. The van der Waals surface area contributed by atoms with E-state index in [-0.39, 0.29) is 18.1 Å². The van der Waals surface area contributed by atoms with Crippen LogP contribution in [0.4, 0.5) is 15.8 Å². The molecule has 1 aliphatic heterocycles. The second-order valence-electron chi connectivity index (χ2n) is 6.23. The van der Waals surface area contributed by atoms with Crippen LogP contribution in [-0.4, -0.2) is 42.9 Å². The Kier molecular flexibility index (Phi) is 5.67. The maximum absolute atomic E-state index is 13.9. The normalized spacial score (nSPS) is 13.8. The van der Waals surface area contributed by atoms with Crippen LogP contribution in [0.25, 0.3) is 0 Å². The zero-order valence-electron chi connectivity index (χ0n) is 14.7. The third kappa shape index (κ3) is 4.61. The number of hydrogen-bond acceptors (Lipinski definition) is 4. The molecule has 0 unspecified atom stereocenters. The van der Waals surface area contributed by atoms with Crippen LogP contribution in [0.2, 0.25) is 0 Å². The molecule has 0 aliphatic carbocycles. The van der Waals surface area contributed by atoms with Gasteiger partial charge in [0.15, 0.2) is 0 Å². The summed E-state index contributed by atoms with van der Waals surface area (Å²) in [5, 5.41) is 11.4. The van der Waals surface area contributed by atoms with E-state index in [1.807, 2.05) is 11.0 Å². The smallest absolute Gasteiger partial charge is 0.233 e. The van der Waals surface area contributed by atoms with E-state index >= 15 is 0 Å². The molecule has 2 aromatic rings. The number of nitrogens with one attached hydrogen (secondary N) is 1. The van der Waals surface area contributed by atoms with Gasteiger partial charge in [-0.05, 0) is 36.4 Å². The van der Waals surface area contributed by atoms with Gasteiger partial charge in [0.05, 0.1) is 17.3 Å². The van der Waals surface area contributed by atoms with E-state index in [2.05, 4.69) is 5.32 Å². The first kappa shape index (κ1) is 18.4. The summed E-state index contributed by atoms with van der Waals surface area (Å²) in [6, 6.07) is 15.0. The predicted octanol–water partition coefficient (Wildman–Crippen LogP) is 2.37. The van der Waals surface area contributed by atoms with Crippen LogP contribution < -0.4 is 10.2 Å². The Labute approximate surface area is 156 Å². The van der Waals surface area contributed by atoms with Crippen molar-refractivity contribution in [2.45, 2.75) is 6.42 Å². The van der Waals surface area contributed by atoms with Crippen LogP contribution in [-0.2, 0) is 9.59 Å². The molecule has 1 saturated heterocycles. The molecule has 138 valence electrons. The van der Waals surface area contributed by atoms with E-state index in [1.54, 1.807) is 47.4 Å². The Bertz CT molecular complexity index is 868. The molecule has 1 fully saturated rings. The van der Waals surface area contributed by atoms with Gasteiger partial charge < -0.3 is 15.1 Å². The molecule has 6 nitrogen and oxygen atoms in total. The molecule has 1 N–H and O–H groups in total. The van der Waals surface area contributed by atoms with E-state index in [0.717, 1.165) is 0 Å². The number of hydrogen-bond donors (Lipinski definition) is 1. The van der Waals surface area contributed by atoms with Gasteiger partial charge in [0.2, 0.25) is 11.8 Å². The summed E-state index contributed by atoms with van der Waals surface area (Å²) in [5.41, 5.74) is 1.57. The predicted molar refractivity (Wildman–Crippen MR) is 99.6 cm³/mol. The summed E-state index contributed by atoms with van der Waals surface area (Å²) < 4.78 is 13.9. The van der Waals surface area contributed by atoms with Crippen molar-refractivity contribution in [1.82, 2.24) is 4.90 Å². The number of halogens is 1. The van der Waals surface area contributed by atoms with Crippen LogP contribution in [0, 0.1) is 17.1 Å². The molecule has 1 aliphatic rings. The van der Waals surface area contributed by atoms with Crippen LogP contribution in [0.5, 0.6) is 0 Å². The molecule has 7 heteroatoms. The van der Waals surface area contributed by atoms with Crippen LogP contribution in [0.1, 0.15) is 12.0 Å². The maximum atomic E-state index is 13.9. The number of anilines is 2. The zero-order chi connectivity index (χ0) is 19.2. The molecule has 3 rings (SSSR count). The molecular weight excluding hydrogens is 347 g/mol. The minimum absolute atomic E-state index is 0.250. The Hall–Kier alpha value is -3.40. The second kappa shape index (κ2) is 8.32. The molecule has 0 spiro atoms. The maximum Gasteiger partial charge on any atom is 0.233 e. The Balaban J connectivity index is 1.49. The minimum atomic E-state index is -0.402. The lowest BCUT2D eigenvalue weighted by molar-refractivity contribution is -0.134. The summed E-state index contributed by atoms with van der Waals surface area (Å²) in [7, 11) is 0. The van der Waals surface area contributed by atoms with Gasteiger partial charge in [0.1, 0.15) is 12.2 Å². The van der Waals surface area contributed by atoms with Crippen molar-refractivity contribution in [3.63, 3.8) is 0 Å². The standard InChI is InChI=1S/C20H19FN4O2/c21-17-3-1-2-4-18(17)24-9-11-25(12-10-24)20(27)13-19(26)23-16-7-5-15(14-22)6-8-16/h1-8H,9-13H2,(H,23,26). The molecule has 0 bridgehead atoms. The summed E-state index contributed by atoms with van der Waals surface area (Å²) >= 11 is 0. The molecule has 2 amide bonds. The first-order chi connectivity index (χ1) is 13.1. The van der Waals surface area contributed by atoms with Crippen molar-refractivity contribution in [3.8, 4) is 6.07 Å². The first-order valence-electron chi connectivity index (χ1n) is 8.64. The van der Waals surface area contributed by atoms with Gasteiger partial charge in [-0.2, -0.15) is 5.26 Å². The van der Waals surface area contributed by atoms with Gasteiger partial charge in [-0.15, -0.1) is 0 Å². The highest BCUT2D eigenvalue weighted by atomic mass is 19.1. The summed E-state index contributed by atoms with van der Waals surface area (Å²) in [6.45, 7) is 1.92.